The molecule has 0 saturated heterocycles. The predicted octanol–water partition coefficient (Wildman–Crippen LogP) is 7.76. The molecule has 0 heterocycles. The van der Waals surface area contributed by atoms with Gasteiger partial charge in [-0.1, -0.05) is 100 Å². The van der Waals surface area contributed by atoms with E-state index in [2.05, 4.69) is 61.5 Å². The molecule has 2 N–H and O–H groups in total. The van der Waals surface area contributed by atoms with Crippen LogP contribution in [-0.4, -0.2) is 42.4 Å². The number of rotatable bonds is 18. The lowest BCUT2D eigenvalue weighted by Crippen LogP contribution is -2.26. The minimum Gasteiger partial charge on any atom is -0.394 e. The monoisotopic (exact) mass is 504 g/mol. The first kappa shape index (κ1) is 27.8. The molecule has 0 aromatic heterocycles. The van der Waals surface area contributed by atoms with Crippen LogP contribution in [0.4, 0.5) is 0 Å². The third kappa shape index (κ3) is 7.64. The van der Waals surface area contributed by atoms with E-state index in [1.54, 1.807) is 0 Å². The third-order valence-electron chi connectivity index (χ3n) is 7.49. The number of benzene rings is 4. The second-order valence-electron chi connectivity index (χ2n) is 10.4. The molecular formula is C33H44O4. The summed E-state index contributed by atoms with van der Waals surface area (Å²) < 4.78 is 11.9. The Morgan fingerprint density at radius 3 is 2.14 bits per heavy atom. The number of hydrogen-bond acceptors (Lipinski definition) is 4. The van der Waals surface area contributed by atoms with Crippen LogP contribution in [0.25, 0.3) is 32.3 Å². The minimum absolute atomic E-state index is 0.112. The number of aliphatic hydroxyl groups is 2. The SMILES string of the molecule is CCCCCCCCCC(OCCCCc1ccc2ccc3cccc4ccc1c2c34)OCC(O)CO. The quantitative estimate of drug-likeness (QED) is 0.0826. The van der Waals surface area contributed by atoms with Gasteiger partial charge in [-0.25, -0.2) is 0 Å². The van der Waals surface area contributed by atoms with Gasteiger partial charge >= 0.3 is 0 Å². The Morgan fingerprint density at radius 2 is 1.38 bits per heavy atom. The fraction of sp³-hybridized carbons (Fsp3) is 0.515. The highest BCUT2D eigenvalue weighted by atomic mass is 16.7. The van der Waals surface area contributed by atoms with Crippen molar-refractivity contribution >= 4 is 32.3 Å². The molecule has 4 rings (SSSR count). The largest absolute Gasteiger partial charge is 0.394 e. The Bertz CT molecular complexity index is 1190. The molecule has 2 unspecified atom stereocenters. The maximum atomic E-state index is 9.69. The van der Waals surface area contributed by atoms with Gasteiger partial charge in [-0.15, -0.1) is 0 Å². The minimum atomic E-state index is -0.852. The summed E-state index contributed by atoms with van der Waals surface area (Å²) in [4.78, 5) is 0. The summed E-state index contributed by atoms with van der Waals surface area (Å²) in [7, 11) is 0. The van der Waals surface area contributed by atoms with Gasteiger partial charge in [0.1, 0.15) is 6.10 Å². The van der Waals surface area contributed by atoms with Crippen molar-refractivity contribution < 1.29 is 19.7 Å². The van der Waals surface area contributed by atoms with Crippen molar-refractivity contribution in [2.45, 2.75) is 89.9 Å². The first-order chi connectivity index (χ1) is 18.2. The van der Waals surface area contributed by atoms with Crippen LogP contribution in [0.5, 0.6) is 0 Å². The van der Waals surface area contributed by atoms with Crippen molar-refractivity contribution in [3.8, 4) is 0 Å². The Hall–Kier alpha value is -2.24. The van der Waals surface area contributed by atoms with Gasteiger partial charge < -0.3 is 19.7 Å². The van der Waals surface area contributed by atoms with E-state index in [0.717, 1.165) is 32.1 Å². The van der Waals surface area contributed by atoms with Crippen molar-refractivity contribution in [2.24, 2.45) is 0 Å². The molecule has 0 spiro atoms. The van der Waals surface area contributed by atoms with Crippen LogP contribution in [0.2, 0.25) is 0 Å². The number of unbranched alkanes of at least 4 members (excludes halogenated alkanes) is 7. The Kier molecular flexibility index (Phi) is 11.0. The van der Waals surface area contributed by atoms with Crippen molar-refractivity contribution in [3.05, 3.63) is 60.2 Å². The molecule has 0 saturated carbocycles. The Labute approximate surface area is 221 Å². The average molecular weight is 505 g/mol. The van der Waals surface area contributed by atoms with Crippen molar-refractivity contribution in [3.63, 3.8) is 0 Å². The zero-order chi connectivity index (χ0) is 25.9. The summed E-state index contributed by atoms with van der Waals surface area (Å²) in [6.07, 6.45) is 11.4. The molecule has 4 aromatic rings. The number of aliphatic hydroxyl groups excluding tert-OH is 2. The molecule has 4 aromatic carbocycles. The van der Waals surface area contributed by atoms with Crippen molar-refractivity contribution in [1.29, 1.82) is 0 Å². The van der Waals surface area contributed by atoms with Crippen LogP contribution >= 0.6 is 0 Å². The van der Waals surface area contributed by atoms with Crippen LogP contribution < -0.4 is 0 Å². The van der Waals surface area contributed by atoms with E-state index in [1.807, 2.05) is 0 Å². The maximum Gasteiger partial charge on any atom is 0.157 e. The summed E-state index contributed by atoms with van der Waals surface area (Å²) in [5, 5.41) is 26.8. The summed E-state index contributed by atoms with van der Waals surface area (Å²) in [5.41, 5.74) is 1.40. The predicted molar refractivity (Wildman–Crippen MR) is 154 cm³/mol. The Balaban J connectivity index is 1.27. The van der Waals surface area contributed by atoms with E-state index in [0.29, 0.717) is 6.61 Å². The van der Waals surface area contributed by atoms with E-state index < -0.39 is 6.10 Å². The third-order valence-corrected chi connectivity index (χ3v) is 7.49. The first-order valence-electron chi connectivity index (χ1n) is 14.4. The summed E-state index contributed by atoms with van der Waals surface area (Å²) in [6.45, 7) is 2.71. The number of hydrogen-bond donors (Lipinski definition) is 2. The molecule has 0 amide bonds. The molecule has 37 heavy (non-hydrogen) atoms. The van der Waals surface area contributed by atoms with E-state index in [4.69, 9.17) is 14.6 Å². The normalized spacial score (nSPS) is 13.7. The molecule has 4 heteroatoms. The van der Waals surface area contributed by atoms with Crippen LogP contribution in [0.15, 0.2) is 54.6 Å². The average Bonchev–Trinajstić information content (AvgIpc) is 2.93. The fourth-order valence-electron chi connectivity index (χ4n) is 5.40. The van der Waals surface area contributed by atoms with Crippen LogP contribution in [0, 0.1) is 0 Å². The highest BCUT2D eigenvalue weighted by Gasteiger charge is 2.13. The second kappa shape index (κ2) is 14.6. The summed E-state index contributed by atoms with van der Waals surface area (Å²) in [6, 6.07) is 20.1. The highest BCUT2D eigenvalue weighted by molar-refractivity contribution is 6.23. The lowest BCUT2D eigenvalue weighted by Gasteiger charge is -2.20. The Morgan fingerprint density at radius 1 is 0.703 bits per heavy atom. The maximum absolute atomic E-state index is 9.69. The lowest BCUT2D eigenvalue weighted by atomic mass is 9.91. The highest BCUT2D eigenvalue weighted by Crippen LogP contribution is 2.36. The molecule has 0 fully saturated rings. The van der Waals surface area contributed by atoms with Crippen LogP contribution in [0.1, 0.15) is 76.7 Å². The molecule has 0 bridgehead atoms. The van der Waals surface area contributed by atoms with Crippen molar-refractivity contribution in [1.82, 2.24) is 0 Å². The standard InChI is InChI=1S/C33H44O4/c1-2-3-4-5-6-7-8-15-31(37-24-29(35)23-34)36-22-10-9-12-25-16-17-28-19-18-26-13-11-14-27-20-21-30(25)33(28)32(26)27/h11,13-14,16-21,29,31,34-35H,2-10,12,15,22-24H2,1H3. The van der Waals surface area contributed by atoms with E-state index >= 15 is 0 Å². The van der Waals surface area contributed by atoms with Gasteiger partial charge in [0, 0.05) is 6.61 Å². The molecule has 0 aliphatic carbocycles. The molecular weight excluding hydrogens is 460 g/mol. The van der Waals surface area contributed by atoms with Crippen LogP contribution in [0.3, 0.4) is 0 Å². The van der Waals surface area contributed by atoms with Gasteiger partial charge in [0.25, 0.3) is 0 Å². The van der Waals surface area contributed by atoms with Gasteiger partial charge in [-0.3, -0.25) is 0 Å². The lowest BCUT2D eigenvalue weighted by molar-refractivity contribution is -0.164. The van der Waals surface area contributed by atoms with Crippen molar-refractivity contribution in [2.75, 3.05) is 19.8 Å². The molecule has 2 atom stereocenters. The molecule has 200 valence electrons. The fourth-order valence-corrected chi connectivity index (χ4v) is 5.40. The summed E-state index contributed by atoms with van der Waals surface area (Å²) >= 11 is 0. The molecule has 0 radical (unpaired) electrons. The summed E-state index contributed by atoms with van der Waals surface area (Å²) in [5.74, 6) is 0. The van der Waals surface area contributed by atoms with Gasteiger partial charge in [-0.2, -0.15) is 0 Å². The number of aryl methyl sites for hydroxylation is 1. The van der Waals surface area contributed by atoms with Gasteiger partial charge in [0.15, 0.2) is 6.29 Å². The topological polar surface area (TPSA) is 58.9 Å². The smallest absolute Gasteiger partial charge is 0.157 e. The molecule has 0 aliphatic heterocycles. The van der Waals surface area contributed by atoms with E-state index in [-0.39, 0.29) is 19.5 Å². The van der Waals surface area contributed by atoms with Crippen LogP contribution in [-0.2, 0) is 15.9 Å². The van der Waals surface area contributed by atoms with Gasteiger partial charge in [-0.05, 0) is 70.0 Å². The molecule has 4 nitrogen and oxygen atoms in total. The van der Waals surface area contributed by atoms with Gasteiger partial charge in [0.2, 0.25) is 0 Å². The zero-order valence-electron chi connectivity index (χ0n) is 22.5. The zero-order valence-corrected chi connectivity index (χ0v) is 22.5. The van der Waals surface area contributed by atoms with E-state index in [9.17, 15) is 5.11 Å². The molecule has 0 aliphatic rings. The first-order valence-corrected chi connectivity index (χ1v) is 14.4. The van der Waals surface area contributed by atoms with Gasteiger partial charge in [0.05, 0.1) is 13.2 Å². The second-order valence-corrected chi connectivity index (χ2v) is 10.4. The van der Waals surface area contributed by atoms with E-state index in [1.165, 1.54) is 76.4 Å². The number of ether oxygens (including phenoxy) is 2.